The van der Waals surface area contributed by atoms with Gasteiger partial charge in [0.2, 0.25) is 0 Å². The van der Waals surface area contributed by atoms with Crippen molar-refractivity contribution < 1.29 is 9.53 Å². The quantitative estimate of drug-likeness (QED) is 0.633. The van der Waals surface area contributed by atoms with Gasteiger partial charge in [-0.2, -0.15) is 0 Å². The molecule has 0 aliphatic rings. The Hall–Kier alpha value is -2.49. The summed E-state index contributed by atoms with van der Waals surface area (Å²) in [6.07, 6.45) is 2.01. The summed E-state index contributed by atoms with van der Waals surface area (Å²) in [6, 6.07) is 15.8. The maximum atomic E-state index is 11.5. The van der Waals surface area contributed by atoms with Crippen molar-refractivity contribution in [1.29, 1.82) is 0 Å². The van der Waals surface area contributed by atoms with Gasteiger partial charge in [-0.05, 0) is 43.5 Å². The summed E-state index contributed by atoms with van der Waals surface area (Å²) in [6.45, 7) is 2.12. The van der Waals surface area contributed by atoms with E-state index in [9.17, 15) is 4.79 Å². The van der Waals surface area contributed by atoms with E-state index in [0.717, 1.165) is 18.5 Å². The van der Waals surface area contributed by atoms with E-state index in [1.807, 2.05) is 12.1 Å². The number of methoxy groups -OCH3 is 1. The van der Waals surface area contributed by atoms with Crippen LogP contribution in [0, 0.1) is 0 Å². The predicted octanol–water partition coefficient (Wildman–Crippen LogP) is 3.49. The number of nitrogen functional groups attached to an aromatic ring is 1. The van der Waals surface area contributed by atoms with Gasteiger partial charge in [0.05, 0.1) is 24.0 Å². The SMILES string of the molecule is COC(=O)c1ccc(N[C@H](C)CCc2ccccc2)c(N)c1. The van der Waals surface area contributed by atoms with Crippen molar-refractivity contribution in [2.45, 2.75) is 25.8 Å². The second-order valence-electron chi connectivity index (χ2n) is 5.36. The van der Waals surface area contributed by atoms with Gasteiger partial charge in [0.25, 0.3) is 0 Å². The molecule has 0 unspecified atom stereocenters. The minimum atomic E-state index is -0.379. The average Bonchev–Trinajstić information content (AvgIpc) is 2.55. The molecule has 22 heavy (non-hydrogen) atoms. The van der Waals surface area contributed by atoms with Gasteiger partial charge in [0.15, 0.2) is 0 Å². The van der Waals surface area contributed by atoms with Crippen LogP contribution in [0.4, 0.5) is 11.4 Å². The van der Waals surface area contributed by atoms with Crippen LogP contribution in [0.2, 0.25) is 0 Å². The lowest BCUT2D eigenvalue weighted by atomic mass is 10.1. The number of rotatable bonds is 6. The van der Waals surface area contributed by atoms with Crippen molar-refractivity contribution in [1.82, 2.24) is 0 Å². The molecule has 0 fully saturated rings. The molecule has 0 aliphatic carbocycles. The highest BCUT2D eigenvalue weighted by Crippen LogP contribution is 2.22. The molecule has 3 N–H and O–H groups in total. The zero-order chi connectivity index (χ0) is 15.9. The Morgan fingerprint density at radius 2 is 1.95 bits per heavy atom. The van der Waals surface area contributed by atoms with E-state index in [4.69, 9.17) is 5.73 Å². The topological polar surface area (TPSA) is 64.3 Å². The van der Waals surface area contributed by atoms with E-state index in [2.05, 4.69) is 41.2 Å². The first-order valence-electron chi connectivity index (χ1n) is 7.38. The van der Waals surface area contributed by atoms with Crippen LogP contribution in [0.1, 0.15) is 29.3 Å². The number of hydrogen-bond acceptors (Lipinski definition) is 4. The average molecular weight is 298 g/mol. The monoisotopic (exact) mass is 298 g/mol. The second-order valence-corrected chi connectivity index (χ2v) is 5.36. The molecule has 2 aromatic carbocycles. The fourth-order valence-electron chi connectivity index (χ4n) is 2.30. The van der Waals surface area contributed by atoms with Crippen LogP contribution in [0.5, 0.6) is 0 Å². The van der Waals surface area contributed by atoms with Crippen molar-refractivity contribution in [3.63, 3.8) is 0 Å². The van der Waals surface area contributed by atoms with Gasteiger partial charge in [-0.1, -0.05) is 30.3 Å². The number of esters is 1. The molecule has 0 spiro atoms. The molecule has 0 radical (unpaired) electrons. The Kier molecular flexibility index (Phi) is 5.42. The molecule has 116 valence electrons. The van der Waals surface area contributed by atoms with Gasteiger partial charge in [0.1, 0.15) is 0 Å². The summed E-state index contributed by atoms with van der Waals surface area (Å²) in [5.74, 6) is -0.379. The zero-order valence-corrected chi connectivity index (χ0v) is 13.0. The van der Waals surface area contributed by atoms with E-state index in [-0.39, 0.29) is 12.0 Å². The van der Waals surface area contributed by atoms with Crippen molar-refractivity contribution >= 4 is 17.3 Å². The van der Waals surface area contributed by atoms with Gasteiger partial charge in [0, 0.05) is 6.04 Å². The smallest absolute Gasteiger partial charge is 0.337 e. The largest absolute Gasteiger partial charge is 0.465 e. The van der Waals surface area contributed by atoms with Gasteiger partial charge in [-0.15, -0.1) is 0 Å². The fraction of sp³-hybridized carbons (Fsp3) is 0.278. The van der Waals surface area contributed by atoms with Crippen molar-refractivity contribution in [3.8, 4) is 0 Å². The number of ether oxygens (including phenoxy) is 1. The Morgan fingerprint density at radius 1 is 1.23 bits per heavy atom. The minimum absolute atomic E-state index is 0.284. The summed E-state index contributed by atoms with van der Waals surface area (Å²) in [4.78, 5) is 11.5. The first-order chi connectivity index (χ1) is 10.6. The molecule has 4 heteroatoms. The number of nitrogens with two attached hydrogens (primary N) is 1. The number of hydrogen-bond donors (Lipinski definition) is 2. The van der Waals surface area contributed by atoms with Crippen LogP contribution in [0.25, 0.3) is 0 Å². The normalized spacial score (nSPS) is 11.7. The number of nitrogens with one attached hydrogen (secondary N) is 1. The molecular weight excluding hydrogens is 276 g/mol. The first-order valence-corrected chi connectivity index (χ1v) is 7.38. The lowest BCUT2D eigenvalue weighted by Gasteiger charge is -2.17. The number of aryl methyl sites for hydroxylation is 1. The molecule has 4 nitrogen and oxygen atoms in total. The highest BCUT2D eigenvalue weighted by molar-refractivity contribution is 5.91. The van der Waals surface area contributed by atoms with Crippen LogP contribution >= 0.6 is 0 Å². The molecule has 0 heterocycles. The highest BCUT2D eigenvalue weighted by atomic mass is 16.5. The van der Waals surface area contributed by atoms with Crippen molar-refractivity contribution in [2.24, 2.45) is 0 Å². The summed E-state index contributed by atoms with van der Waals surface area (Å²) in [7, 11) is 1.36. The van der Waals surface area contributed by atoms with Gasteiger partial charge in [-0.25, -0.2) is 4.79 Å². The molecule has 0 aromatic heterocycles. The maximum Gasteiger partial charge on any atom is 0.337 e. The van der Waals surface area contributed by atoms with Crippen LogP contribution in [0.15, 0.2) is 48.5 Å². The standard InChI is InChI=1S/C18H22N2O2/c1-13(8-9-14-6-4-3-5-7-14)20-17-11-10-15(12-16(17)19)18(21)22-2/h3-7,10-13,20H,8-9,19H2,1-2H3/t13-/m1/s1. The molecular formula is C18H22N2O2. The number of carbonyl (C=O) groups is 1. The molecule has 0 saturated carbocycles. The van der Waals surface area contributed by atoms with Gasteiger partial charge >= 0.3 is 5.97 Å². The van der Waals surface area contributed by atoms with E-state index >= 15 is 0 Å². The van der Waals surface area contributed by atoms with Crippen LogP contribution in [0.3, 0.4) is 0 Å². The van der Waals surface area contributed by atoms with E-state index < -0.39 is 0 Å². The number of carbonyl (C=O) groups excluding carboxylic acids is 1. The Morgan fingerprint density at radius 3 is 2.59 bits per heavy atom. The summed E-state index contributed by atoms with van der Waals surface area (Å²) >= 11 is 0. The predicted molar refractivity (Wildman–Crippen MR) is 90.0 cm³/mol. The zero-order valence-electron chi connectivity index (χ0n) is 13.0. The molecule has 0 amide bonds. The van der Waals surface area contributed by atoms with E-state index in [0.29, 0.717) is 11.3 Å². The van der Waals surface area contributed by atoms with Crippen molar-refractivity contribution in [2.75, 3.05) is 18.2 Å². The minimum Gasteiger partial charge on any atom is -0.465 e. The second kappa shape index (κ2) is 7.50. The Bertz CT molecular complexity index is 626. The number of benzene rings is 2. The Balaban J connectivity index is 1.94. The third kappa shape index (κ3) is 4.25. The van der Waals surface area contributed by atoms with Crippen molar-refractivity contribution in [3.05, 3.63) is 59.7 Å². The highest BCUT2D eigenvalue weighted by Gasteiger charge is 2.10. The third-order valence-corrected chi connectivity index (χ3v) is 3.58. The van der Waals surface area contributed by atoms with Crippen LogP contribution in [-0.4, -0.2) is 19.1 Å². The summed E-state index contributed by atoms with van der Waals surface area (Å²) in [5.41, 5.74) is 9.18. The van der Waals surface area contributed by atoms with Crippen LogP contribution < -0.4 is 11.1 Å². The van der Waals surface area contributed by atoms with Crippen LogP contribution in [-0.2, 0) is 11.2 Å². The van der Waals surface area contributed by atoms with E-state index in [1.165, 1.54) is 12.7 Å². The Labute approximate surface area is 131 Å². The summed E-state index contributed by atoms with van der Waals surface area (Å²) < 4.78 is 4.68. The molecule has 2 aromatic rings. The van der Waals surface area contributed by atoms with Gasteiger partial charge < -0.3 is 15.8 Å². The molecule has 0 aliphatic heterocycles. The lowest BCUT2D eigenvalue weighted by Crippen LogP contribution is -2.17. The number of anilines is 2. The molecule has 0 saturated heterocycles. The van der Waals surface area contributed by atoms with E-state index in [1.54, 1.807) is 12.1 Å². The third-order valence-electron chi connectivity index (χ3n) is 3.58. The molecule has 1 atom stereocenters. The summed E-state index contributed by atoms with van der Waals surface area (Å²) in [5, 5.41) is 3.39. The fourth-order valence-corrected chi connectivity index (χ4v) is 2.30. The maximum absolute atomic E-state index is 11.5. The van der Waals surface area contributed by atoms with Gasteiger partial charge in [-0.3, -0.25) is 0 Å². The molecule has 0 bridgehead atoms. The molecule has 2 rings (SSSR count). The first kappa shape index (κ1) is 15.9. The lowest BCUT2D eigenvalue weighted by molar-refractivity contribution is 0.0601.